The van der Waals surface area contributed by atoms with Crippen LogP contribution in [-0.4, -0.2) is 29.0 Å². The number of aromatic nitrogens is 2. The number of hydrogen-bond donors (Lipinski definition) is 3. The highest BCUT2D eigenvalue weighted by molar-refractivity contribution is 5.75. The SMILES string of the molecule is CC(C)C(CCN)CCC(=O)NCCc1ncc[nH]1. The van der Waals surface area contributed by atoms with Gasteiger partial charge >= 0.3 is 0 Å². The minimum atomic E-state index is 0.120. The predicted octanol–water partition coefficient (Wildman–Crippen LogP) is 1.47. The van der Waals surface area contributed by atoms with Crippen LogP contribution in [0.15, 0.2) is 12.4 Å². The Balaban J connectivity index is 2.16. The third-order valence-corrected chi connectivity index (χ3v) is 3.46. The quantitative estimate of drug-likeness (QED) is 0.633. The molecule has 1 heterocycles. The standard InChI is InChI=1S/C14H26N4O/c1-11(2)12(5-7-15)3-4-14(19)18-8-6-13-16-9-10-17-13/h9-12H,3-8,15H2,1-2H3,(H,16,17)(H,18,19). The number of nitrogens with one attached hydrogen (secondary N) is 2. The number of imidazole rings is 1. The van der Waals surface area contributed by atoms with E-state index in [0.717, 1.165) is 25.1 Å². The summed E-state index contributed by atoms with van der Waals surface area (Å²) in [6.07, 6.45) is 6.75. The Morgan fingerprint density at radius 1 is 1.47 bits per heavy atom. The number of carbonyl (C=O) groups excluding carboxylic acids is 1. The maximum Gasteiger partial charge on any atom is 0.220 e. The lowest BCUT2D eigenvalue weighted by Crippen LogP contribution is -2.27. The first-order valence-electron chi connectivity index (χ1n) is 7.08. The fourth-order valence-corrected chi connectivity index (χ4v) is 2.18. The average molecular weight is 266 g/mol. The second-order valence-electron chi connectivity index (χ2n) is 5.26. The van der Waals surface area contributed by atoms with Crippen molar-refractivity contribution in [3.8, 4) is 0 Å². The smallest absolute Gasteiger partial charge is 0.220 e. The molecule has 1 atom stereocenters. The molecule has 1 amide bonds. The molecule has 0 spiro atoms. The summed E-state index contributed by atoms with van der Waals surface area (Å²) in [6.45, 7) is 5.71. The van der Waals surface area contributed by atoms with Crippen LogP contribution in [0.4, 0.5) is 0 Å². The number of nitrogens with two attached hydrogens (primary N) is 1. The van der Waals surface area contributed by atoms with Gasteiger partial charge in [-0.2, -0.15) is 0 Å². The molecule has 0 saturated carbocycles. The fraction of sp³-hybridized carbons (Fsp3) is 0.714. The summed E-state index contributed by atoms with van der Waals surface area (Å²) in [5, 5.41) is 2.93. The minimum Gasteiger partial charge on any atom is -0.356 e. The maximum absolute atomic E-state index is 11.7. The second kappa shape index (κ2) is 8.69. The monoisotopic (exact) mass is 266 g/mol. The van der Waals surface area contributed by atoms with Gasteiger partial charge in [-0.25, -0.2) is 4.98 Å². The number of nitrogens with zero attached hydrogens (tertiary/aromatic N) is 1. The molecule has 0 aliphatic rings. The van der Waals surface area contributed by atoms with E-state index in [1.165, 1.54) is 0 Å². The van der Waals surface area contributed by atoms with E-state index in [1.54, 1.807) is 12.4 Å². The third-order valence-electron chi connectivity index (χ3n) is 3.46. The molecule has 0 aliphatic carbocycles. The van der Waals surface area contributed by atoms with Gasteiger partial charge in [0.2, 0.25) is 5.91 Å². The largest absolute Gasteiger partial charge is 0.356 e. The third kappa shape index (κ3) is 6.38. The van der Waals surface area contributed by atoms with Gasteiger partial charge in [0.25, 0.3) is 0 Å². The topological polar surface area (TPSA) is 83.8 Å². The Morgan fingerprint density at radius 3 is 2.84 bits per heavy atom. The van der Waals surface area contributed by atoms with Gasteiger partial charge in [-0.15, -0.1) is 0 Å². The first-order chi connectivity index (χ1) is 9.13. The molecule has 0 bridgehead atoms. The summed E-state index contributed by atoms with van der Waals surface area (Å²) in [6, 6.07) is 0. The van der Waals surface area contributed by atoms with Crippen molar-refractivity contribution >= 4 is 5.91 Å². The Morgan fingerprint density at radius 2 is 2.26 bits per heavy atom. The zero-order valence-corrected chi connectivity index (χ0v) is 12.0. The van der Waals surface area contributed by atoms with Crippen LogP contribution in [0, 0.1) is 11.8 Å². The van der Waals surface area contributed by atoms with E-state index in [4.69, 9.17) is 5.73 Å². The van der Waals surface area contributed by atoms with Gasteiger partial charge in [0.1, 0.15) is 5.82 Å². The van der Waals surface area contributed by atoms with Crippen molar-refractivity contribution in [1.82, 2.24) is 15.3 Å². The lowest BCUT2D eigenvalue weighted by molar-refractivity contribution is -0.121. The van der Waals surface area contributed by atoms with E-state index < -0.39 is 0 Å². The van der Waals surface area contributed by atoms with Crippen molar-refractivity contribution in [2.24, 2.45) is 17.6 Å². The van der Waals surface area contributed by atoms with Crippen molar-refractivity contribution in [1.29, 1.82) is 0 Å². The molecule has 1 aromatic rings. The Labute approximate surface area is 115 Å². The molecule has 5 nitrogen and oxygen atoms in total. The number of aromatic amines is 1. The van der Waals surface area contributed by atoms with Gasteiger partial charge in [0.05, 0.1) is 0 Å². The first-order valence-corrected chi connectivity index (χ1v) is 7.08. The van der Waals surface area contributed by atoms with Crippen molar-refractivity contribution in [3.05, 3.63) is 18.2 Å². The first kappa shape index (κ1) is 15.7. The molecule has 0 saturated heterocycles. The molecule has 1 unspecified atom stereocenters. The number of carbonyl (C=O) groups is 1. The normalized spacial score (nSPS) is 12.6. The van der Waals surface area contributed by atoms with Gasteiger partial charge in [-0.3, -0.25) is 4.79 Å². The van der Waals surface area contributed by atoms with Crippen molar-refractivity contribution in [2.45, 2.75) is 39.5 Å². The van der Waals surface area contributed by atoms with Gasteiger partial charge in [0, 0.05) is 31.8 Å². The highest BCUT2D eigenvalue weighted by atomic mass is 16.1. The summed E-state index contributed by atoms with van der Waals surface area (Å²) < 4.78 is 0. The number of H-pyrrole nitrogens is 1. The minimum absolute atomic E-state index is 0.120. The van der Waals surface area contributed by atoms with E-state index in [2.05, 4.69) is 29.1 Å². The van der Waals surface area contributed by atoms with Crippen LogP contribution in [0.2, 0.25) is 0 Å². The zero-order valence-electron chi connectivity index (χ0n) is 12.0. The Hall–Kier alpha value is -1.36. The molecule has 108 valence electrons. The molecular formula is C14H26N4O. The van der Waals surface area contributed by atoms with Crippen LogP contribution in [0.25, 0.3) is 0 Å². The van der Waals surface area contributed by atoms with Crippen LogP contribution in [-0.2, 0) is 11.2 Å². The molecule has 0 fully saturated rings. The van der Waals surface area contributed by atoms with Gasteiger partial charge < -0.3 is 16.0 Å². The maximum atomic E-state index is 11.7. The summed E-state index contributed by atoms with van der Waals surface area (Å²) >= 11 is 0. The number of rotatable bonds is 9. The molecule has 4 N–H and O–H groups in total. The molecule has 1 aromatic heterocycles. The Bertz CT molecular complexity index is 348. The molecular weight excluding hydrogens is 240 g/mol. The Kier molecular flexibility index (Phi) is 7.18. The molecule has 5 heteroatoms. The average Bonchev–Trinajstić information content (AvgIpc) is 2.87. The van der Waals surface area contributed by atoms with E-state index in [1.807, 2.05) is 0 Å². The molecule has 0 aliphatic heterocycles. The number of hydrogen-bond acceptors (Lipinski definition) is 3. The summed E-state index contributed by atoms with van der Waals surface area (Å²) in [5.74, 6) is 2.15. The van der Waals surface area contributed by atoms with Crippen LogP contribution >= 0.6 is 0 Å². The van der Waals surface area contributed by atoms with Crippen LogP contribution in [0.1, 0.15) is 38.9 Å². The number of amides is 1. The van der Waals surface area contributed by atoms with Crippen molar-refractivity contribution in [2.75, 3.05) is 13.1 Å². The van der Waals surface area contributed by atoms with Crippen LogP contribution in [0.5, 0.6) is 0 Å². The van der Waals surface area contributed by atoms with E-state index in [0.29, 0.717) is 31.3 Å². The van der Waals surface area contributed by atoms with Crippen LogP contribution < -0.4 is 11.1 Å². The van der Waals surface area contributed by atoms with E-state index in [-0.39, 0.29) is 5.91 Å². The molecule has 0 aromatic carbocycles. The van der Waals surface area contributed by atoms with Crippen LogP contribution in [0.3, 0.4) is 0 Å². The van der Waals surface area contributed by atoms with Gasteiger partial charge in [-0.05, 0) is 31.2 Å². The van der Waals surface area contributed by atoms with Crippen molar-refractivity contribution < 1.29 is 4.79 Å². The van der Waals surface area contributed by atoms with Crippen molar-refractivity contribution in [3.63, 3.8) is 0 Å². The fourth-order valence-electron chi connectivity index (χ4n) is 2.18. The predicted molar refractivity (Wildman–Crippen MR) is 76.5 cm³/mol. The van der Waals surface area contributed by atoms with E-state index in [9.17, 15) is 4.79 Å². The van der Waals surface area contributed by atoms with Gasteiger partial charge in [0.15, 0.2) is 0 Å². The van der Waals surface area contributed by atoms with E-state index >= 15 is 0 Å². The highest BCUT2D eigenvalue weighted by Gasteiger charge is 2.14. The zero-order chi connectivity index (χ0) is 14.1. The summed E-state index contributed by atoms with van der Waals surface area (Å²) in [4.78, 5) is 18.9. The molecule has 1 rings (SSSR count). The summed E-state index contributed by atoms with van der Waals surface area (Å²) in [7, 11) is 0. The lowest BCUT2D eigenvalue weighted by atomic mass is 9.88. The lowest BCUT2D eigenvalue weighted by Gasteiger charge is -2.19. The molecule has 19 heavy (non-hydrogen) atoms. The highest BCUT2D eigenvalue weighted by Crippen LogP contribution is 2.20. The second-order valence-corrected chi connectivity index (χ2v) is 5.26. The summed E-state index contributed by atoms with van der Waals surface area (Å²) in [5.41, 5.74) is 5.60. The molecule has 0 radical (unpaired) electrons. The van der Waals surface area contributed by atoms with Gasteiger partial charge in [-0.1, -0.05) is 13.8 Å².